The highest BCUT2D eigenvalue weighted by molar-refractivity contribution is 5.01. The van der Waals surface area contributed by atoms with E-state index in [0.717, 1.165) is 25.9 Å². The van der Waals surface area contributed by atoms with Gasteiger partial charge in [-0.05, 0) is 26.4 Å². The van der Waals surface area contributed by atoms with Crippen LogP contribution < -0.4 is 5.32 Å². The molecule has 0 aliphatic heterocycles. The zero-order valence-electron chi connectivity index (χ0n) is 9.32. The average molecular weight is 196 g/mol. The van der Waals surface area contributed by atoms with Gasteiger partial charge in [0.1, 0.15) is 0 Å². The van der Waals surface area contributed by atoms with E-state index in [2.05, 4.69) is 29.5 Å². The van der Waals surface area contributed by atoms with Gasteiger partial charge in [0.2, 0.25) is 0 Å². The van der Waals surface area contributed by atoms with E-state index < -0.39 is 0 Å². The first kappa shape index (κ1) is 11.2. The van der Waals surface area contributed by atoms with Crippen LogP contribution in [0.25, 0.3) is 0 Å². The third-order valence-corrected chi connectivity index (χ3v) is 2.42. The van der Waals surface area contributed by atoms with Crippen molar-refractivity contribution in [1.82, 2.24) is 20.3 Å². The summed E-state index contributed by atoms with van der Waals surface area (Å²) in [5.74, 6) is 0.531. The lowest BCUT2D eigenvalue weighted by atomic mass is 10.0. The number of rotatable bonds is 6. The molecule has 14 heavy (non-hydrogen) atoms. The lowest BCUT2D eigenvalue weighted by molar-refractivity contribution is 0.517. The first-order valence-corrected chi connectivity index (χ1v) is 5.32. The van der Waals surface area contributed by atoms with Crippen LogP contribution in [-0.2, 0) is 6.54 Å². The Hall–Kier alpha value is -0.900. The first-order valence-electron chi connectivity index (χ1n) is 5.32. The second-order valence-electron chi connectivity index (χ2n) is 3.68. The van der Waals surface area contributed by atoms with Crippen LogP contribution in [0.3, 0.4) is 0 Å². The maximum atomic E-state index is 4.08. The van der Waals surface area contributed by atoms with Gasteiger partial charge in [-0.1, -0.05) is 19.1 Å². The highest BCUT2D eigenvalue weighted by Crippen LogP contribution is 2.16. The van der Waals surface area contributed by atoms with Crippen LogP contribution in [0.2, 0.25) is 0 Å². The number of nitrogens with one attached hydrogen (secondary N) is 1. The van der Waals surface area contributed by atoms with Crippen molar-refractivity contribution in [2.45, 2.75) is 39.2 Å². The van der Waals surface area contributed by atoms with Gasteiger partial charge in [0.15, 0.2) is 0 Å². The lowest BCUT2D eigenvalue weighted by Crippen LogP contribution is -2.13. The van der Waals surface area contributed by atoms with Gasteiger partial charge < -0.3 is 5.32 Å². The summed E-state index contributed by atoms with van der Waals surface area (Å²) in [5, 5.41) is 11.2. The minimum absolute atomic E-state index is 0.531. The molecule has 1 aromatic heterocycles. The SMILES string of the molecule is CCCn1nncc1C(C)CCNC. The lowest BCUT2D eigenvalue weighted by Gasteiger charge is -2.12. The molecular formula is C10H20N4. The van der Waals surface area contributed by atoms with Gasteiger partial charge in [0, 0.05) is 12.5 Å². The number of hydrogen-bond donors (Lipinski definition) is 1. The Morgan fingerprint density at radius 1 is 1.57 bits per heavy atom. The first-order chi connectivity index (χ1) is 6.79. The van der Waals surface area contributed by atoms with Crippen molar-refractivity contribution in [3.63, 3.8) is 0 Å². The zero-order valence-corrected chi connectivity index (χ0v) is 9.32. The van der Waals surface area contributed by atoms with Gasteiger partial charge in [-0.15, -0.1) is 5.10 Å². The van der Waals surface area contributed by atoms with Crippen LogP contribution in [0.4, 0.5) is 0 Å². The summed E-state index contributed by atoms with van der Waals surface area (Å²) in [5.41, 5.74) is 1.25. The fraction of sp³-hybridized carbons (Fsp3) is 0.800. The van der Waals surface area contributed by atoms with E-state index in [1.807, 2.05) is 17.9 Å². The Kier molecular flexibility index (Phi) is 4.59. The van der Waals surface area contributed by atoms with Crippen molar-refractivity contribution in [3.8, 4) is 0 Å². The molecule has 0 bridgehead atoms. The molecule has 1 unspecified atom stereocenters. The van der Waals surface area contributed by atoms with Gasteiger partial charge in [0.05, 0.1) is 11.9 Å². The highest BCUT2D eigenvalue weighted by atomic mass is 15.4. The Morgan fingerprint density at radius 2 is 2.36 bits per heavy atom. The summed E-state index contributed by atoms with van der Waals surface area (Å²) in [7, 11) is 1.98. The van der Waals surface area contributed by atoms with Gasteiger partial charge in [-0.2, -0.15) is 0 Å². The molecule has 1 atom stereocenters. The Labute approximate surface area is 85.7 Å². The molecule has 0 spiro atoms. The van der Waals surface area contributed by atoms with E-state index >= 15 is 0 Å². The molecule has 0 saturated heterocycles. The van der Waals surface area contributed by atoms with Crippen LogP contribution in [-0.4, -0.2) is 28.6 Å². The summed E-state index contributed by atoms with van der Waals surface area (Å²) >= 11 is 0. The summed E-state index contributed by atoms with van der Waals surface area (Å²) < 4.78 is 2.01. The third-order valence-electron chi connectivity index (χ3n) is 2.42. The molecule has 0 fully saturated rings. The molecule has 4 heteroatoms. The van der Waals surface area contributed by atoms with E-state index in [4.69, 9.17) is 0 Å². The summed E-state index contributed by atoms with van der Waals surface area (Å²) in [6.07, 6.45) is 4.12. The minimum Gasteiger partial charge on any atom is -0.320 e. The van der Waals surface area contributed by atoms with Crippen molar-refractivity contribution in [2.24, 2.45) is 0 Å². The van der Waals surface area contributed by atoms with Gasteiger partial charge >= 0.3 is 0 Å². The predicted octanol–water partition coefficient (Wildman–Crippen LogP) is 1.40. The quantitative estimate of drug-likeness (QED) is 0.748. The third kappa shape index (κ3) is 2.80. The van der Waals surface area contributed by atoms with Crippen LogP contribution >= 0.6 is 0 Å². The molecule has 0 amide bonds. The Balaban J connectivity index is 2.58. The molecule has 0 saturated carbocycles. The molecule has 1 N–H and O–H groups in total. The van der Waals surface area contributed by atoms with Crippen molar-refractivity contribution in [1.29, 1.82) is 0 Å². The maximum Gasteiger partial charge on any atom is 0.0727 e. The van der Waals surface area contributed by atoms with Crippen molar-refractivity contribution in [3.05, 3.63) is 11.9 Å². The van der Waals surface area contributed by atoms with E-state index in [9.17, 15) is 0 Å². The van der Waals surface area contributed by atoms with Crippen LogP contribution in [0.15, 0.2) is 6.20 Å². The number of aryl methyl sites for hydroxylation is 1. The fourth-order valence-corrected chi connectivity index (χ4v) is 1.54. The zero-order chi connectivity index (χ0) is 10.4. The molecule has 0 aliphatic rings. The van der Waals surface area contributed by atoms with E-state index in [-0.39, 0.29) is 0 Å². The standard InChI is InChI=1S/C10H20N4/c1-4-7-14-10(8-12-13-14)9(2)5-6-11-3/h8-9,11H,4-7H2,1-3H3. The van der Waals surface area contributed by atoms with Crippen LogP contribution in [0.1, 0.15) is 38.3 Å². The molecule has 0 aromatic carbocycles. The van der Waals surface area contributed by atoms with Crippen LogP contribution in [0.5, 0.6) is 0 Å². The van der Waals surface area contributed by atoms with Crippen molar-refractivity contribution < 1.29 is 0 Å². The molecule has 1 aromatic rings. The number of hydrogen-bond acceptors (Lipinski definition) is 3. The fourth-order valence-electron chi connectivity index (χ4n) is 1.54. The van der Waals surface area contributed by atoms with Gasteiger partial charge in [-0.3, -0.25) is 0 Å². The normalized spacial score (nSPS) is 13.1. The molecule has 4 nitrogen and oxygen atoms in total. The largest absolute Gasteiger partial charge is 0.320 e. The topological polar surface area (TPSA) is 42.7 Å². The summed E-state index contributed by atoms with van der Waals surface area (Å²) in [6, 6.07) is 0. The van der Waals surface area contributed by atoms with Crippen molar-refractivity contribution in [2.75, 3.05) is 13.6 Å². The maximum absolute atomic E-state index is 4.08. The molecule has 0 radical (unpaired) electrons. The van der Waals surface area contributed by atoms with E-state index in [1.54, 1.807) is 0 Å². The number of aromatic nitrogens is 3. The second-order valence-corrected chi connectivity index (χ2v) is 3.68. The van der Waals surface area contributed by atoms with Gasteiger partial charge in [-0.25, -0.2) is 4.68 Å². The summed E-state index contributed by atoms with van der Waals surface area (Å²) in [4.78, 5) is 0. The summed E-state index contributed by atoms with van der Waals surface area (Å²) in [6.45, 7) is 6.39. The second kappa shape index (κ2) is 5.75. The Morgan fingerprint density at radius 3 is 3.00 bits per heavy atom. The van der Waals surface area contributed by atoms with E-state index in [1.165, 1.54) is 5.69 Å². The predicted molar refractivity (Wildman–Crippen MR) is 57.3 cm³/mol. The molecule has 80 valence electrons. The smallest absolute Gasteiger partial charge is 0.0727 e. The monoisotopic (exact) mass is 196 g/mol. The molecule has 1 rings (SSSR count). The highest BCUT2D eigenvalue weighted by Gasteiger charge is 2.10. The average Bonchev–Trinajstić information content (AvgIpc) is 2.63. The number of nitrogens with zero attached hydrogens (tertiary/aromatic N) is 3. The molecular weight excluding hydrogens is 176 g/mol. The minimum atomic E-state index is 0.531. The molecule has 1 heterocycles. The van der Waals surface area contributed by atoms with Crippen LogP contribution in [0, 0.1) is 0 Å². The van der Waals surface area contributed by atoms with Crippen molar-refractivity contribution >= 4 is 0 Å². The molecule has 0 aliphatic carbocycles. The van der Waals surface area contributed by atoms with E-state index in [0.29, 0.717) is 5.92 Å². The Bertz CT molecular complexity index is 256. The van der Waals surface area contributed by atoms with Gasteiger partial charge in [0.25, 0.3) is 0 Å².